The number of halogens is 1. The lowest BCUT2D eigenvalue weighted by Gasteiger charge is -2.23. The molecule has 1 rings (SSSR count). The van der Waals surface area contributed by atoms with Gasteiger partial charge < -0.3 is 10.2 Å². The van der Waals surface area contributed by atoms with Crippen LogP contribution in [0.2, 0.25) is 0 Å². The molecule has 0 saturated carbocycles. The highest BCUT2D eigenvalue weighted by Crippen LogP contribution is 2.24. The van der Waals surface area contributed by atoms with E-state index in [4.69, 9.17) is 0 Å². The predicted molar refractivity (Wildman–Crippen MR) is 84.3 cm³/mol. The summed E-state index contributed by atoms with van der Waals surface area (Å²) in [5.74, 6) is 0. The van der Waals surface area contributed by atoms with Crippen LogP contribution in [0.15, 0.2) is 22.7 Å². The van der Waals surface area contributed by atoms with E-state index in [1.165, 1.54) is 30.5 Å². The number of benzene rings is 1. The van der Waals surface area contributed by atoms with Crippen molar-refractivity contribution in [2.75, 3.05) is 25.0 Å². The number of rotatable bonds is 8. The molecule has 0 unspecified atom stereocenters. The van der Waals surface area contributed by atoms with E-state index in [1.807, 2.05) is 0 Å². The molecule has 0 saturated heterocycles. The first-order valence-electron chi connectivity index (χ1n) is 6.89. The van der Waals surface area contributed by atoms with Crippen LogP contribution in [0.4, 0.5) is 5.69 Å². The Morgan fingerprint density at radius 3 is 2.67 bits per heavy atom. The van der Waals surface area contributed by atoms with Crippen LogP contribution < -0.4 is 10.2 Å². The lowest BCUT2D eigenvalue weighted by Crippen LogP contribution is -2.22. The average Bonchev–Trinajstić information content (AvgIpc) is 2.36. The number of unbranched alkanes of at least 4 members (excludes halogenated alkanes) is 2. The molecule has 0 atom stereocenters. The lowest BCUT2D eigenvalue weighted by molar-refractivity contribution is 0.695. The van der Waals surface area contributed by atoms with Crippen molar-refractivity contribution in [2.45, 2.75) is 39.7 Å². The van der Waals surface area contributed by atoms with Gasteiger partial charge in [0.25, 0.3) is 0 Å². The van der Waals surface area contributed by atoms with Crippen molar-refractivity contribution in [1.29, 1.82) is 0 Å². The first-order chi connectivity index (χ1) is 8.69. The Morgan fingerprint density at radius 1 is 1.22 bits per heavy atom. The average molecular weight is 313 g/mol. The van der Waals surface area contributed by atoms with Crippen molar-refractivity contribution >= 4 is 21.6 Å². The molecule has 0 aliphatic carbocycles. The second-order valence-corrected chi connectivity index (χ2v) is 5.60. The lowest BCUT2D eigenvalue weighted by atomic mass is 10.1. The second kappa shape index (κ2) is 8.54. The molecule has 3 heteroatoms. The van der Waals surface area contributed by atoms with Crippen LogP contribution in [-0.2, 0) is 6.54 Å². The molecule has 0 radical (unpaired) electrons. The number of hydrogen-bond acceptors (Lipinski definition) is 2. The monoisotopic (exact) mass is 312 g/mol. The third-order valence-corrected chi connectivity index (χ3v) is 3.61. The van der Waals surface area contributed by atoms with Crippen LogP contribution in [0.25, 0.3) is 0 Å². The van der Waals surface area contributed by atoms with Gasteiger partial charge in [-0.1, -0.05) is 42.6 Å². The summed E-state index contributed by atoms with van der Waals surface area (Å²) in [4.78, 5) is 2.37. The van der Waals surface area contributed by atoms with E-state index >= 15 is 0 Å². The molecule has 102 valence electrons. The Morgan fingerprint density at radius 2 is 2.00 bits per heavy atom. The Hall–Kier alpha value is -0.540. The largest absolute Gasteiger partial charge is 0.374 e. The Kier molecular flexibility index (Phi) is 7.36. The van der Waals surface area contributed by atoms with Gasteiger partial charge in [0.05, 0.1) is 0 Å². The zero-order chi connectivity index (χ0) is 13.4. The van der Waals surface area contributed by atoms with E-state index in [0.29, 0.717) is 0 Å². The minimum atomic E-state index is 0.934. The highest BCUT2D eigenvalue weighted by Gasteiger charge is 2.07. The molecule has 18 heavy (non-hydrogen) atoms. The molecule has 0 amide bonds. The van der Waals surface area contributed by atoms with Gasteiger partial charge in [-0.2, -0.15) is 0 Å². The molecule has 0 aliphatic heterocycles. The van der Waals surface area contributed by atoms with E-state index in [1.54, 1.807) is 0 Å². The third kappa shape index (κ3) is 4.99. The van der Waals surface area contributed by atoms with E-state index < -0.39 is 0 Å². The van der Waals surface area contributed by atoms with Crippen LogP contribution in [-0.4, -0.2) is 20.1 Å². The zero-order valence-corrected chi connectivity index (χ0v) is 13.4. The topological polar surface area (TPSA) is 15.3 Å². The Labute approximate surface area is 120 Å². The summed E-state index contributed by atoms with van der Waals surface area (Å²) in [6.07, 6.45) is 3.85. The third-order valence-electron chi connectivity index (χ3n) is 3.12. The van der Waals surface area contributed by atoms with E-state index in [0.717, 1.165) is 24.1 Å². The van der Waals surface area contributed by atoms with Gasteiger partial charge in [0, 0.05) is 30.3 Å². The number of anilines is 1. The highest BCUT2D eigenvalue weighted by atomic mass is 79.9. The number of nitrogens with zero attached hydrogens (tertiary/aromatic N) is 1. The number of hydrogen-bond donors (Lipinski definition) is 1. The first kappa shape index (κ1) is 15.5. The molecule has 0 aromatic heterocycles. The van der Waals surface area contributed by atoms with Crippen molar-refractivity contribution in [3.8, 4) is 0 Å². The van der Waals surface area contributed by atoms with Gasteiger partial charge in [-0.15, -0.1) is 0 Å². The minimum Gasteiger partial charge on any atom is -0.374 e. The zero-order valence-electron chi connectivity index (χ0n) is 11.8. The van der Waals surface area contributed by atoms with Gasteiger partial charge in [-0.05, 0) is 36.7 Å². The maximum Gasteiger partial charge on any atom is 0.0410 e. The van der Waals surface area contributed by atoms with Crippen LogP contribution >= 0.6 is 15.9 Å². The van der Waals surface area contributed by atoms with Crippen molar-refractivity contribution in [3.63, 3.8) is 0 Å². The van der Waals surface area contributed by atoms with Crippen molar-refractivity contribution in [2.24, 2.45) is 0 Å². The standard InChI is InChI=1S/C15H25BrN2/c1-4-6-7-10-18(3)15-9-8-14(16)11-13(15)12-17-5-2/h8-9,11,17H,4-7,10,12H2,1-3H3. The van der Waals surface area contributed by atoms with Gasteiger partial charge in [0.2, 0.25) is 0 Å². The van der Waals surface area contributed by atoms with E-state index in [-0.39, 0.29) is 0 Å². The summed E-state index contributed by atoms with van der Waals surface area (Å²) in [6.45, 7) is 7.46. The van der Waals surface area contributed by atoms with E-state index in [2.05, 4.69) is 65.2 Å². The first-order valence-corrected chi connectivity index (χ1v) is 7.68. The maximum atomic E-state index is 3.55. The molecule has 0 fully saturated rings. The quantitative estimate of drug-likeness (QED) is 0.724. The van der Waals surface area contributed by atoms with Gasteiger partial charge in [0.1, 0.15) is 0 Å². The Balaban J connectivity index is 2.72. The van der Waals surface area contributed by atoms with Crippen molar-refractivity contribution < 1.29 is 0 Å². The molecular weight excluding hydrogens is 288 g/mol. The summed E-state index contributed by atoms with van der Waals surface area (Å²) in [5, 5.41) is 3.41. The van der Waals surface area contributed by atoms with Crippen molar-refractivity contribution in [3.05, 3.63) is 28.2 Å². The normalized spacial score (nSPS) is 10.7. The molecule has 1 aromatic rings. The van der Waals surface area contributed by atoms with Gasteiger partial charge in [-0.3, -0.25) is 0 Å². The maximum absolute atomic E-state index is 3.55. The summed E-state index contributed by atoms with van der Waals surface area (Å²) in [5.41, 5.74) is 2.71. The summed E-state index contributed by atoms with van der Waals surface area (Å²) < 4.78 is 1.15. The Bertz CT molecular complexity index is 352. The predicted octanol–water partition coefficient (Wildman–Crippen LogP) is 4.19. The van der Waals surface area contributed by atoms with Gasteiger partial charge >= 0.3 is 0 Å². The SMILES string of the molecule is CCCCCN(C)c1ccc(Br)cc1CNCC. The highest BCUT2D eigenvalue weighted by molar-refractivity contribution is 9.10. The molecule has 1 N–H and O–H groups in total. The van der Waals surface area contributed by atoms with Gasteiger partial charge in [0.15, 0.2) is 0 Å². The molecule has 0 heterocycles. The molecule has 1 aromatic carbocycles. The molecule has 2 nitrogen and oxygen atoms in total. The van der Waals surface area contributed by atoms with Crippen LogP contribution in [0.3, 0.4) is 0 Å². The van der Waals surface area contributed by atoms with Crippen LogP contribution in [0.1, 0.15) is 38.7 Å². The summed E-state index contributed by atoms with van der Waals surface area (Å²) in [7, 11) is 2.19. The summed E-state index contributed by atoms with van der Waals surface area (Å²) >= 11 is 3.55. The van der Waals surface area contributed by atoms with Gasteiger partial charge in [-0.25, -0.2) is 0 Å². The fraction of sp³-hybridized carbons (Fsp3) is 0.600. The molecular formula is C15H25BrN2. The van der Waals surface area contributed by atoms with E-state index in [9.17, 15) is 0 Å². The molecule has 0 aliphatic rings. The van der Waals surface area contributed by atoms with Crippen LogP contribution in [0, 0.1) is 0 Å². The molecule has 0 bridgehead atoms. The van der Waals surface area contributed by atoms with Crippen LogP contribution in [0.5, 0.6) is 0 Å². The smallest absolute Gasteiger partial charge is 0.0410 e. The molecule has 0 spiro atoms. The second-order valence-electron chi connectivity index (χ2n) is 4.68. The minimum absolute atomic E-state index is 0.934. The fourth-order valence-electron chi connectivity index (χ4n) is 2.05. The number of nitrogens with one attached hydrogen (secondary N) is 1. The summed E-state index contributed by atoms with van der Waals surface area (Å²) in [6, 6.07) is 6.55. The van der Waals surface area contributed by atoms with Crippen molar-refractivity contribution in [1.82, 2.24) is 5.32 Å². The fourth-order valence-corrected chi connectivity index (χ4v) is 2.46.